The number of anilines is 1. The molecule has 0 aromatic carbocycles. The lowest BCUT2D eigenvalue weighted by molar-refractivity contribution is -0.0760. The number of amides is 2. The monoisotopic (exact) mass is 318 g/mol. The van der Waals surface area contributed by atoms with Crippen LogP contribution < -0.4 is 4.90 Å². The van der Waals surface area contributed by atoms with Crippen molar-refractivity contribution < 1.29 is 9.90 Å². The molecule has 0 unspecified atom stereocenters. The van der Waals surface area contributed by atoms with Gasteiger partial charge in [-0.15, -0.1) is 0 Å². The van der Waals surface area contributed by atoms with E-state index in [0.29, 0.717) is 19.5 Å². The Morgan fingerprint density at radius 2 is 2.09 bits per heavy atom. The summed E-state index contributed by atoms with van der Waals surface area (Å²) in [6.07, 6.45) is 5.11. The fourth-order valence-corrected chi connectivity index (χ4v) is 3.80. The van der Waals surface area contributed by atoms with Gasteiger partial charge in [0.2, 0.25) is 0 Å². The number of carbonyl (C=O) groups is 1. The molecule has 2 aliphatic heterocycles. The summed E-state index contributed by atoms with van der Waals surface area (Å²) in [5.41, 5.74) is 1.69. The number of aromatic nitrogens is 1. The highest BCUT2D eigenvalue weighted by molar-refractivity contribution is 5.74. The average molecular weight is 318 g/mol. The third-order valence-corrected chi connectivity index (χ3v) is 5.26. The van der Waals surface area contributed by atoms with Crippen LogP contribution in [0.25, 0.3) is 0 Å². The Morgan fingerprint density at radius 1 is 1.35 bits per heavy atom. The Morgan fingerprint density at radius 3 is 2.78 bits per heavy atom. The highest BCUT2D eigenvalue weighted by atomic mass is 16.3. The SMILES string of the molecule is Cc1cnccc1N1CC[C@@]2(O)CCN(C(=O)N(C)C)C[C@H]2C1. The van der Waals surface area contributed by atoms with Crippen LogP contribution in [0.2, 0.25) is 0 Å². The summed E-state index contributed by atoms with van der Waals surface area (Å²) in [7, 11) is 3.55. The van der Waals surface area contributed by atoms with Crippen LogP contribution in [0.4, 0.5) is 10.5 Å². The van der Waals surface area contributed by atoms with Crippen LogP contribution in [0.5, 0.6) is 0 Å². The molecule has 0 radical (unpaired) electrons. The first-order valence-corrected chi connectivity index (χ1v) is 8.25. The molecule has 3 rings (SSSR count). The molecule has 0 bridgehead atoms. The number of aliphatic hydroxyl groups is 1. The molecule has 3 heterocycles. The summed E-state index contributed by atoms with van der Waals surface area (Å²) in [6, 6.07) is 2.06. The molecule has 6 heteroatoms. The maximum atomic E-state index is 12.2. The molecule has 0 spiro atoms. The average Bonchev–Trinajstić information content (AvgIpc) is 2.53. The topological polar surface area (TPSA) is 59.9 Å². The minimum Gasteiger partial charge on any atom is -0.389 e. The molecule has 2 atom stereocenters. The molecule has 1 aromatic heterocycles. The molecular weight excluding hydrogens is 292 g/mol. The van der Waals surface area contributed by atoms with Gasteiger partial charge in [0, 0.05) is 64.3 Å². The highest BCUT2D eigenvalue weighted by Crippen LogP contribution is 2.37. The van der Waals surface area contributed by atoms with Crippen LogP contribution in [0, 0.1) is 12.8 Å². The van der Waals surface area contributed by atoms with Crippen LogP contribution in [0.3, 0.4) is 0 Å². The lowest BCUT2D eigenvalue weighted by Crippen LogP contribution is -2.61. The second kappa shape index (κ2) is 6.00. The number of aryl methyl sites for hydroxylation is 1. The van der Waals surface area contributed by atoms with E-state index in [1.165, 1.54) is 5.69 Å². The van der Waals surface area contributed by atoms with Crippen LogP contribution >= 0.6 is 0 Å². The lowest BCUT2D eigenvalue weighted by Gasteiger charge is -2.51. The molecule has 2 fully saturated rings. The van der Waals surface area contributed by atoms with Crippen molar-refractivity contribution in [2.75, 3.05) is 45.2 Å². The van der Waals surface area contributed by atoms with E-state index in [1.807, 2.05) is 23.4 Å². The van der Waals surface area contributed by atoms with E-state index < -0.39 is 5.60 Å². The Hall–Kier alpha value is -1.82. The summed E-state index contributed by atoms with van der Waals surface area (Å²) in [4.78, 5) is 22.2. The van der Waals surface area contributed by atoms with Crippen LogP contribution in [-0.2, 0) is 0 Å². The first-order valence-electron chi connectivity index (χ1n) is 8.25. The third-order valence-electron chi connectivity index (χ3n) is 5.26. The van der Waals surface area contributed by atoms with E-state index in [1.54, 1.807) is 19.0 Å². The number of nitrogens with zero attached hydrogens (tertiary/aromatic N) is 4. The number of likely N-dealkylation sites (tertiary alicyclic amines) is 1. The molecular formula is C17H26N4O2. The lowest BCUT2D eigenvalue weighted by atomic mass is 9.75. The number of hydrogen-bond acceptors (Lipinski definition) is 4. The molecule has 23 heavy (non-hydrogen) atoms. The number of urea groups is 1. The zero-order valence-corrected chi connectivity index (χ0v) is 14.2. The van der Waals surface area contributed by atoms with Gasteiger partial charge in [-0.2, -0.15) is 0 Å². The molecule has 2 saturated heterocycles. The zero-order chi connectivity index (χ0) is 16.6. The van der Waals surface area contributed by atoms with E-state index in [0.717, 1.165) is 25.1 Å². The molecule has 1 N–H and O–H groups in total. The van der Waals surface area contributed by atoms with Gasteiger partial charge < -0.3 is 19.8 Å². The fourth-order valence-electron chi connectivity index (χ4n) is 3.80. The number of carbonyl (C=O) groups excluding carboxylic acids is 1. The largest absolute Gasteiger partial charge is 0.389 e. The van der Waals surface area contributed by atoms with Gasteiger partial charge in [0.05, 0.1) is 5.60 Å². The molecule has 126 valence electrons. The number of rotatable bonds is 1. The number of fused-ring (bicyclic) bond motifs is 1. The summed E-state index contributed by atoms with van der Waals surface area (Å²) >= 11 is 0. The number of hydrogen-bond donors (Lipinski definition) is 1. The van der Waals surface area contributed by atoms with Gasteiger partial charge in [0.1, 0.15) is 0 Å². The first kappa shape index (κ1) is 16.1. The standard InChI is InChI=1S/C17H26N4O2/c1-13-10-18-7-4-15(13)20-8-5-17(23)6-9-21(12-14(17)11-20)16(22)19(2)3/h4,7,10,14,23H,5-6,8-9,11-12H2,1-3H3/t14-,17-/m1/s1. The third kappa shape index (κ3) is 3.00. The normalized spacial score (nSPS) is 27.6. The quantitative estimate of drug-likeness (QED) is 0.849. The minimum atomic E-state index is -0.638. The van der Waals surface area contributed by atoms with Gasteiger partial charge in [-0.25, -0.2) is 4.79 Å². The van der Waals surface area contributed by atoms with Gasteiger partial charge in [-0.1, -0.05) is 0 Å². The van der Waals surface area contributed by atoms with Crippen LogP contribution in [-0.4, -0.2) is 71.8 Å². The highest BCUT2D eigenvalue weighted by Gasteiger charge is 2.46. The molecule has 2 aliphatic rings. The Kier molecular flexibility index (Phi) is 4.19. The number of pyridine rings is 1. The maximum absolute atomic E-state index is 12.2. The van der Waals surface area contributed by atoms with E-state index >= 15 is 0 Å². The molecule has 6 nitrogen and oxygen atoms in total. The molecule has 0 saturated carbocycles. The number of piperidine rings is 2. The smallest absolute Gasteiger partial charge is 0.319 e. The van der Waals surface area contributed by atoms with Gasteiger partial charge in [0.15, 0.2) is 0 Å². The van der Waals surface area contributed by atoms with Gasteiger partial charge in [0.25, 0.3) is 0 Å². The second-order valence-corrected chi connectivity index (χ2v) is 7.03. The van der Waals surface area contributed by atoms with Crippen molar-refractivity contribution in [2.24, 2.45) is 5.92 Å². The van der Waals surface area contributed by atoms with E-state index in [2.05, 4.69) is 16.8 Å². The minimum absolute atomic E-state index is 0.0317. The molecule has 2 amide bonds. The van der Waals surface area contributed by atoms with E-state index in [4.69, 9.17) is 0 Å². The molecule has 0 aliphatic carbocycles. The van der Waals surface area contributed by atoms with Crippen molar-refractivity contribution in [1.29, 1.82) is 0 Å². The fraction of sp³-hybridized carbons (Fsp3) is 0.647. The van der Waals surface area contributed by atoms with Crippen LogP contribution in [0.1, 0.15) is 18.4 Å². The zero-order valence-electron chi connectivity index (χ0n) is 14.2. The summed E-state index contributed by atoms with van der Waals surface area (Å²) in [6.45, 7) is 4.94. The van der Waals surface area contributed by atoms with Crippen molar-refractivity contribution in [1.82, 2.24) is 14.8 Å². The second-order valence-electron chi connectivity index (χ2n) is 7.03. The van der Waals surface area contributed by atoms with Crippen molar-refractivity contribution in [3.05, 3.63) is 24.0 Å². The Balaban J connectivity index is 1.76. The van der Waals surface area contributed by atoms with Crippen molar-refractivity contribution in [3.8, 4) is 0 Å². The van der Waals surface area contributed by atoms with Crippen molar-refractivity contribution >= 4 is 11.7 Å². The summed E-state index contributed by atoms with van der Waals surface area (Å²) < 4.78 is 0. The predicted octanol–water partition coefficient (Wildman–Crippen LogP) is 1.33. The maximum Gasteiger partial charge on any atom is 0.319 e. The van der Waals surface area contributed by atoms with E-state index in [-0.39, 0.29) is 11.9 Å². The van der Waals surface area contributed by atoms with Crippen LogP contribution in [0.15, 0.2) is 18.5 Å². The predicted molar refractivity (Wildman–Crippen MR) is 89.5 cm³/mol. The summed E-state index contributed by atoms with van der Waals surface area (Å²) in [5, 5.41) is 11.0. The van der Waals surface area contributed by atoms with Gasteiger partial charge in [-0.05, 0) is 31.4 Å². The van der Waals surface area contributed by atoms with Gasteiger partial charge >= 0.3 is 6.03 Å². The van der Waals surface area contributed by atoms with Gasteiger partial charge in [-0.3, -0.25) is 4.98 Å². The Labute approximate surface area is 137 Å². The summed E-state index contributed by atoms with van der Waals surface area (Å²) in [5.74, 6) is 0.0847. The van der Waals surface area contributed by atoms with Crippen molar-refractivity contribution in [3.63, 3.8) is 0 Å². The Bertz CT molecular complexity index is 592. The molecule has 1 aromatic rings. The van der Waals surface area contributed by atoms with E-state index in [9.17, 15) is 9.90 Å². The first-order chi connectivity index (χ1) is 10.9. The van der Waals surface area contributed by atoms with Crippen molar-refractivity contribution in [2.45, 2.75) is 25.4 Å².